The highest BCUT2D eigenvalue weighted by atomic mass is 32.2. The van der Waals surface area contributed by atoms with Crippen LogP contribution in [0.4, 0.5) is 10.5 Å². The fourth-order valence-electron chi connectivity index (χ4n) is 1.90. The minimum absolute atomic E-state index is 0.0217. The number of sulfonamides is 1. The minimum Gasteiger partial charge on any atom is -0.465 e. The van der Waals surface area contributed by atoms with Crippen LogP contribution >= 0.6 is 0 Å². The zero-order valence-corrected chi connectivity index (χ0v) is 13.9. The van der Waals surface area contributed by atoms with Crippen molar-refractivity contribution in [2.75, 3.05) is 12.4 Å². The first-order chi connectivity index (χ1) is 11.3. The predicted molar refractivity (Wildman–Crippen MR) is 88.3 cm³/mol. The van der Waals surface area contributed by atoms with E-state index in [-0.39, 0.29) is 16.1 Å². The Labute approximate surface area is 139 Å². The average molecular weight is 348 g/mol. The Bertz CT molecular complexity index is 860. The van der Waals surface area contributed by atoms with Gasteiger partial charge in [-0.2, -0.15) is 0 Å². The quantitative estimate of drug-likeness (QED) is 0.826. The summed E-state index contributed by atoms with van der Waals surface area (Å²) in [5, 5.41) is 2.36. The Morgan fingerprint density at radius 1 is 1.04 bits per heavy atom. The molecule has 24 heavy (non-hydrogen) atoms. The second-order valence-corrected chi connectivity index (χ2v) is 6.63. The topological polar surface area (TPSA) is 102 Å². The van der Waals surface area contributed by atoms with Crippen molar-refractivity contribution in [2.24, 2.45) is 0 Å². The summed E-state index contributed by atoms with van der Waals surface area (Å²) >= 11 is 0. The lowest BCUT2D eigenvalue weighted by molar-refractivity contribution is 0.0600. The summed E-state index contributed by atoms with van der Waals surface area (Å²) < 4.78 is 30.7. The van der Waals surface area contributed by atoms with Crippen molar-refractivity contribution in [3.63, 3.8) is 0 Å². The fraction of sp³-hybridized carbons (Fsp3) is 0.125. The zero-order chi connectivity index (χ0) is 17.7. The van der Waals surface area contributed by atoms with E-state index in [1.165, 1.54) is 43.5 Å². The number of hydrogen-bond acceptors (Lipinski definition) is 5. The van der Waals surface area contributed by atoms with Crippen LogP contribution in [0, 0.1) is 6.92 Å². The molecule has 2 aromatic rings. The molecule has 0 aliphatic rings. The van der Waals surface area contributed by atoms with Gasteiger partial charge in [0.25, 0.3) is 10.0 Å². The summed E-state index contributed by atoms with van der Waals surface area (Å²) in [4.78, 5) is 23.3. The van der Waals surface area contributed by atoms with Gasteiger partial charge in [0.05, 0.1) is 17.6 Å². The maximum absolute atomic E-state index is 12.1. The Balaban J connectivity index is 2.10. The molecule has 2 aromatic carbocycles. The first-order valence-corrected chi connectivity index (χ1v) is 8.39. The highest BCUT2D eigenvalue weighted by Crippen LogP contribution is 2.13. The van der Waals surface area contributed by atoms with Gasteiger partial charge in [0.2, 0.25) is 0 Å². The van der Waals surface area contributed by atoms with Crippen LogP contribution in [0.2, 0.25) is 0 Å². The van der Waals surface area contributed by atoms with Crippen molar-refractivity contribution in [1.82, 2.24) is 4.72 Å². The van der Waals surface area contributed by atoms with Gasteiger partial charge in [0.15, 0.2) is 0 Å². The molecule has 0 saturated carbocycles. The standard InChI is InChI=1S/C16H16N2O5S/c1-11-6-8-14(9-7-11)24(21,22)18-16(20)17-13-5-3-4-12(10-13)15(19)23-2/h3-10H,1-2H3,(H2,17,18,20). The van der Waals surface area contributed by atoms with E-state index in [2.05, 4.69) is 10.1 Å². The molecule has 0 heterocycles. The number of esters is 1. The monoisotopic (exact) mass is 348 g/mol. The number of hydrogen-bond donors (Lipinski definition) is 2. The van der Waals surface area contributed by atoms with Gasteiger partial charge >= 0.3 is 12.0 Å². The zero-order valence-electron chi connectivity index (χ0n) is 13.1. The van der Waals surface area contributed by atoms with Gasteiger partial charge in [-0.15, -0.1) is 0 Å². The SMILES string of the molecule is COC(=O)c1cccc(NC(=O)NS(=O)(=O)c2ccc(C)cc2)c1. The number of urea groups is 1. The lowest BCUT2D eigenvalue weighted by Gasteiger charge is -2.09. The van der Waals surface area contributed by atoms with Crippen LogP contribution in [-0.4, -0.2) is 27.5 Å². The number of carbonyl (C=O) groups excluding carboxylic acids is 2. The van der Waals surface area contributed by atoms with Crippen LogP contribution in [0.25, 0.3) is 0 Å². The molecular weight excluding hydrogens is 332 g/mol. The fourth-order valence-corrected chi connectivity index (χ4v) is 2.80. The summed E-state index contributed by atoms with van der Waals surface area (Å²) in [6.45, 7) is 1.82. The predicted octanol–water partition coefficient (Wildman–Crippen LogP) is 2.29. The maximum atomic E-state index is 12.1. The molecule has 2 N–H and O–H groups in total. The van der Waals surface area contributed by atoms with Crippen molar-refractivity contribution in [1.29, 1.82) is 0 Å². The summed E-state index contributed by atoms with van der Waals surface area (Å²) in [6, 6.07) is 11.1. The molecule has 0 aliphatic heterocycles. The summed E-state index contributed by atoms with van der Waals surface area (Å²) in [6.07, 6.45) is 0. The first-order valence-electron chi connectivity index (χ1n) is 6.90. The molecule has 0 bridgehead atoms. The molecule has 0 unspecified atom stereocenters. The molecule has 8 heteroatoms. The summed E-state index contributed by atoms with van der Waals surface area (Å²) in [5.74, 6) is -0.564. The highest BCUT2D eigenvalue weighted by molar-refractivity contribution is 7.90. The first kappa shape index (κ1) is 17.5. The molecule has 2 rings (SSSR count). The number of amides is 2. The number of nitrogens with one attached hydrogen (secondary N) is 2. The molecule has 0 aromatic heterocycles. The molecule has 126 valence electrons. The smallest absolute Gasteiger partial charge is 0.337 e. The minimum atomic E-state index is -3.98. The van der Waals surface area contributed by atoms with Crippen LogP contribution < -0.4 is 10.0 Å². The molecular formula is C16H16N2O5S. The van der Waals surface area contributed by atoms with E-state index in [0.717, 1.165) is 5.56 Å². The summed E-state index contributed by atoms with van der Waals surface area (Å²) in [7, 11) is -2.74. The van der Waals surface area contributed by atoms with Gasteiger partial charge in [-0.25, -0.2) is 22.7 Å². The average Bonchev–Trinajstić information content (AvgIpc) is 2.54. The van der Waals surface area contributed by atoms with Crippen LogP contribution in [0.5, 0.6) is 0 Å². The third kappa shape index (κ3) is 4.32. The molecule has 0 spiro atoms. The van der Waals surface area contributed by atoms with E-state index in [1.54, 1.807) is 12.1 Å². The van der Waals surface area contributed by atoms with Gasteiger partial charge in [-0.3, -0.25) is 0 Å². The molecule has 0 saturated heterocycles. The second-order valence-electron chi connectivity index (χ2n) is 4.95. The Kier molecular flexibility index (Phi) is 5.20. The summed E-state index contributed by atoms with van der Waals surface area (Å²) in [5.41, 5.74) is 1.39. The van der Waals surface area contributed by atoms with Crippen molar-refractivity contribution >= 4 is 27.7 Å². The Morgan fingerprint density at radius 3 is 2.33 bits per heavy atom. The normalized spacial score (nSPS) is 10.8. The van der Waals surface area contributed by atoms with Gasteiger partial charge < -0.3 is 10.1 Å². The van der Waals surface area contributed by atoms with Crippen molar-refractivity contribution in [3.8, 4) is 0 Å². The van der Waals surface area contributed by atoms with Crippen LogP contribution in [0.1, 0.15) is 15.9 Å². The van der Waals surface area contributed by atoms with Gasteiger partial charge in [0.1, 0.15) is 0 Å². The molecule has 0 fully saturated rings. The van der Waals surface area contributed by atoms with E-state index in [0.29, 0.717) is 0 Å². The second kappa shape index (κ2) is 7.14. The Hall–Kier alpha value is -2.87. The maximum Gasteiger partial charge on any atom is 0.337 e. The van der Waals surface area contributed by atoms with Gasteiger partial charge in [0, 0.05) is 5.69 Å². The number of benzene rings is 2. The number of anilines is 1. The van der Waals surface area contributed by atoms with E-state index in [4.69, 9.17) is 0 Å². The van der Waals surface area contributed by atoms with E-state index >= 15 is 0 Å². The Morgan fingerprint density at radius 2 is 1.71 bits per heavy atom. The number of methoxy groups -OCH3 is 1. The van der Waals surface area contributed by atoms with Crippen LogP contribution in [-0.2, 0) is 14.8 Å². The molecule has 0 aliphatic carbocycles. The van der Waals surface area contributed by atoms with Gasteiger partial charge in [-0.1, -0.05) is 23.8 Å². The van der Waals surface area contributed by atoms with Gasteiger partial charge in [-0.05, 0) is 37.3 Å². The lowest BCUT2D eigenvalue weighted by Crippen LogP contribution is -2.34. The van der Waals surface area contributed by atoms with E-state index < -0.39 is 22.0 Å². The largest absolute Gasteiger partial charge is 0.465 e. The van der Waals surface area contributed by atoms with Crippen LogP contribution in [0.15, 0.2) is 53.4 Å². The third-order valence-corrected chi connectivity index (χ3v) is 4.45. The number of rotatable bonds is 4. The van der Waals surface area contributed by atoms with Crippen LogP contribution in [0.3, 0.4) is 0 Å². The highest BCUT2D eigenvalue weighted by Gasteiger charge is 2.17. The molecule has 7 nitrogen and oxygen atoms in total. The van der Waals surface area contributed by atoms with Crippen molar-refractivity contribution in [3.05, 3.63) is 59.7 Å². The van der Waals surface area contributed by atoms with E-state index in [9.17, 15) is 18.0 Å². The van der Waals surface area contributed by atoms with Crippen molar-refractivity contribution < 1.29 is 22.7 Å². The molecule has 2 amide bonds. The third-order valence-electron chi connectivity index (χ3n) is 3.10. The molecule has 0 radical (unpaired) electrons. The van der Waals surface area contributed by atoms with E-state index in [1.807, 2.05) is 11.6 Å². The number of ether oxygens (including phenoxy) is 1. The number of carbonyl (C=O) groups is 2. The molecule has 0 atom stereocenters. The lowest BCUT2D eigenvalue weighted by atomic mass is 10.2. The van der Waals surface area contributed by atoms with Crippen molar-refractivity contribution in [2.45, 2.75) is 11.8 Å². The number of aryl methyl sites for hydroxylation is 1.